The lowest BCUT2D eigenvalue weighted by Crippen LogP contribution is -2.39. The molecule has 0 saturated carbocycles. The highest BCUT2D eigenvalue weighted by Gasteiger charge is 2.24. The number of aryl methyl sites for hydroxylation is 1. The first-order chi connectivity index (χ1) is 13.6. The van der Waals surface area contributed by atoms with Gasteiger partial charge in [-0.3, -0.25) is 15.5 Å². The lowest BCUT2D eigenvalue weighted by Gasteiger charge is -2.21. The minimum Gasteiger partial charge on any atom is -0.486 e. The second-order valence-corrected chi connectivity index (χ2v) is 7.94. The predicted molar refractivity (Wildman–Crippen MR) is 109 cm³/mol. The molecule has 2 aliphatic rings. The molecule has 2 aromatic rings. The van der Waals surface area contributed by atoms with Crippen LogP contribution in [0.2, 0.25) is 0 Å². The van der Waals surface area contributed by atoms with Crippen LogP contribution in [-0.4, -0.2) is 53.6 Å². The molecule has 3 heterocycles. The summed E-state index contributed by atoms with van der Waals surface area (Å²) in [6, 6.07) is 7.16. The van der Waals surface area contributed by atoms with E-state index in [0.717, 1.165) is 35.8 Å². The summed E-state index contributed by atoms with van der Waals surface area (Å²) in [5, 5.41) is 4.72. The predicted octanol–water partition coefficient (Wildman–Crippen LogP) is 2.33. The molecule has 2 atom stereocenters. The smallest absolute Gasteiger partial charge is 0.162 e. The van der Waals surface area contributed by atoms with Crippen LogP contribution >= 0.6 is 0 Å². The quantitative estimate of drug-likeness (QED) is 0.763. The number of nitrogens with zero attached hydrogens (tertiary/aromatic N) is 3. The van der Waals surface area contributed by atoms with Gasteiger partial charge in [0.15, 0.2) is 11.5 Å². The van der Waals surface area contributed by atoms with Gasteiger partial charge in [-0.25, -0.2) is 0 Å². The van der Waals surface area contributed by atoms with E-state index in [1.165, 1.54) is 24.8 Å². The van der Waals surface area contributed by atoms with E-state index in [1.54, 1.807) is 0 Å². The molecule has 1 fully saturated rings. The van der Waals surface area contributed by atoms with Gasteiger partial charge in [-0.1, -0.05) is 13.3 Å². The number of nitrogens with one attached hydrogen (secondary N) is 2. The van der Waals surface area contributed by atoms with Gasteiger partial charge in [-0.15, -0.1) is 0 Å². The summed E-state index contributed by atoms with van der Waals surface area (Å²) in [4.78, 5) is 2.37. The molecule has 0 radical (unpaired) electrons. The van der Waals surface area contributed by atoms with E-state index in [9.17, 15) is 0 Å². The van der Waals surface area contributed by atoms with Crippen LogP contribution in [0.25, 0.3) is 11.3 Å². The number of ether oxygens (including phenoxy) is 2. The van der Waals surface area contributed by atoms with E-state index < -0.39 is 0 Å². The van der Waals surface area contributed by atoms with Gasteiger partial charge in [-0.2, -0.15) is 5.10 Å². The molecule has 7 nitrogen and oxygen atoms in total. The molecule has 0 amide bonds. The van der Waals surface area contributed by atoms with Crippen molar-refractivity contribution in [2.75, 3.05) is 26.8 Å². The topological polar surface area (TPSA) is 63.6 Å². The third-order valence-corrected chi connectivity index (χ3v) is 5.39. The largest absolute Gasteiger partial charge is 0.486 e. The van der Waals surface area contributed by atoms with Crippen molar-refractivity contribution in [2.24, 2.45) is 7.05 Å². The second-order valence-electron chi connectivity index (χ2n) is 7.94. The van der Waals surface area contributed by atoms with Crippen molar-refractivity contribution in [3.8, 4) is 22.8 Å². The van der Waals surface area contributed by atoms with Crippen LogP contribution in [0.15, 0.2) is 24.4 Å². The molecule has 2 unspecified atom stereocenters. The third kappa shape index (κ3) is 4.32. The summed E-state index contributed by atoms with van der Waals surface area (Å²) in [6.45, 7) is 5.30. The maximum Gasteiger partial charge on any atom is 0.162 e. The Morgan fingerprint density at radius 1 is 1.18 bits per heavy atom. The SMILES string of the molecule is CCCC1CC(CN(C)Cc2cn(C)nc2-c2ccc3c(c2)OCCO3)NN1. The maximum atomic E-state index is 5.75. The van der Waals surface area contributed by atoms with E-state index in [0.29, 0.717) is 25.3 Å². The molecule has 0 bridgehead atoms. The number of aromatic nitrogens is 2. The summed E-state index contributed by atoms with van der Waals surface area (Å²) >= 11 is 0. The Hall–Kier alpha value is -2.09. The maximum absolute atomic E-state index is 5.75. The van der Waals surface area contributed by atoms with E-state index in [1.807, 2.05) is 23.9 Å². The van der Waals surface area contributed by atoms with Crippen molar-refractivity contribution in [3.05, 3.63) is 30.0 Å². The first-order valence-electron chi connectivity index (χ1n) is 10.2. The molecule has 7 heteroatoms. The highest BCUT2D eigenvalue weighted by molar-refractivity contribution is 5.66. The summed E-state index contributed by atoms with van der Waals surface area (Å²) < 4.78 is 13.3. The molecule has 1 aromatic carbocycles. The van der Waals surface area contributed by atoms with Gasteiger partial charge < -0.3 is 14.4 Å². The number of benzene rings is 1. The Balaban J connectivity index is 1.44. The van der Waals surface area contributed by atoms with Gasteiger partial charge in [0.2, 0.25) is 0 Å². The minimum atomic E-state index is 0.482. The summed E-state index contributed by atoms with van der Waals surface area (Å²) in [7, 11) is 4.15. The number of fused-ring (bicyclic) bond motifs is 1. The van der Waals surface area contributed by atoms with Crippen LogP contribution in [0, 0.1) is 0 Å². The zero-order chi connectivity index (χ0) is 19.5. The zero-order valence-corrected chi connectivity index (χ0v) is 17.1. The van der Waals surface area contributed by atoms with Crippen molar-refractivity contribution in [1.29, 1.82) is 0 Å². The molecule has 2 N–H and O–H groups in total. The van der Waals surface area contributed by atoms with E-state index in [-0.39, 0.29) is 0 Å². The number of hydrazine groups is 1. The highest BCUT2D eigenvalue weighted by Crippen LogP contribution is 2.35. The normalized spacial score (nSPS) is 21.4. The summed E-state index contributed by atoms with van der Waals surface area (Å²) in [6.07, 6.45) is 5.74. The molecule has 28 heavy (non-hydrogen) atoms. The summed E-state index contributed by atoms with van der Waals surface area (Å²) in [5.41, 5.74) is 10.2. The van der Waals surface area contributed by atoms with Crippen molar-refractivity contribution < 1.29 is 9.47 Å². The Bertz CT molecular complexity index is 806. The Labute approximate surface area is 167 Å². The van der Waals surface area contributed by atoms with Gasteiger partial charge in [0, 0.05) is 49.5 Å². The Morgan fingerprint density at radius 2 is 1.96 bits per heavy atom. The molecule has 1 saturated heterocycles. The van der Waals surface area contributed by atoms with Crippen molar-refractivity contribution in [3.63, 3.8) is 0 Å². The van der Waals surface area contributed by atoms with Crippen LogP contribution in [0.1, 0.15) is 31.7 Å². The molecule has 2 aliphatic heterocycles. The van der Waals surface area contributed by atoms with Crippen molar-refractivity contribution >= 4 is 0 Å². The van der Waals surface area contributed by atoms with Crippen LogP contribution in [0.3, 0.4) is 0 Å². The van der Waals surface area contributed by atoms with E-state index in [2.05, 4.69) is 42.0 Å². The standard InChI is InChI=1S/C21H31N5O2/c1-4-5-17-11-18(23-22-17)14-25(2)12-16-13-26(3)24-21(16)15-6-7-19-20(10-15)28-9-8-27-19/h6-7,10,13,17-18,22-23H,4-5,8-9,11-12,14H2,1-3H3. The number of hydrogen-bond donors (Lipinski definition) is 2. The lowest BCUT2D eigenvalue weighted by atomic mass is 10.0. The fourth-order valence-corrected chi connectivity index (χ4v) is 4.17. The Morgan fingerprint density at radius 3 is 2.79 bits per heavy atom. The van der Waals surface area contributed by atoms with Crippen LogP contribution in [0.5, 0.6) is 11.5 Å². The van der Waals surface area contributed by atoms with Gasteiger partial charge in [0.05, 0.1) is 5.69 Å². The second kappa shape index (κ2) is 8.51. The van der Waals surface area contributed by atoms with Crippen molar-refractivity contribution in [2.45, 2.75) is 44.8 Å². The first kappa shape index (κ1) is 19.2. The number of hydrogen-bond acceptors (Lipinski definition) is 6. The number of likely N-dealkylation sites (N-methyl/N-ethyl adjacent to an activating group) is 1. The van der Waals surface area contributed by atoms with Gasteiger partial charge in [-0.05, 0) is 38.1 Å². The zero-order valence-electron chi connectivity index (χ0n) is 17.1. The monoisotopic (exact) mass is 385 g/mol. The van der Waals surface area contributed by atoms with Gasteiger partial charge in [0.1, 0.15) is 13.2 Å². The van der Waals surface area contributed by atoms with Gasteiger partial charge in [0.25, 0.3) is 0 Å². The molecule has 1 aromatic heterocycles. The lowest BCUT2D eigenvalue weighted by molar-refractivity contribution is 0.171. The van der Waals surface area contributed by atoms with Gasteiger partial charge >= 0.3 is 0 Å². The molecule has 0 spiro atoms. The fraction of sp³-hybridized carbons (Fsp3) is 0.571. The summed E-state index contributed by atoms with van der Waals surface area (Å²) in [5.74, 6) is 1.61. The molecule has 4 rings (SSSR count). The van der Waals surface area contributed by atoms with Crippen LogP contribution in [-0.2, 0) is 13.6 Å². The molecule has 0 aliphatic carbocycles. The first-order valence-corrected chi connectivity index (χ1v) is 10.2. The average Bonchev–Trinajstić information content (AvgIpc) is 3.27. The minimum absolute atomic E-state index is 0.482. The molecule has 152 valence electrons. The van der Waals surface area contributed by atoms with Crippen molar-refractivity contribution in [1.82, 2.24) is 25.5 Å². The highest BCUT2D eigenvalue weighted by atomic mass is 16.6. The van der Waals surface area contributed by atoms with E-state index >= 15 is 0 Å². The van der Waals surface area contributed by atoms with E-state index in [4.69, 9.17) is 14.6 Å². The molecular weight excluding hydrogens is 354 g/mol. The molecular formula is C21H31N5O2. The Kier molecular flexibility index (Phi) is 5.85. The van der Waals surface area contributed by atoms with Crippen LogP contribution in [0.4, 0.5) is 0 Å². The average molecular weight is 386 g/mol. The number of rotatable bonds is 7. The fourth-order valence-electron chi connectivity index (χ4n) is 4.17. The third-order valence-electron chi connectivity index (χ3n) is 5.39. The van der Waals surface area contributed by atoms with Crippen LogP contribution < -0.4 is 20.3 Å².